The summed E-state index contributed by atoms with van der Waals surface area (Å²) in [5.74, 6) is 0.871. The molecule has 37 heavy (non-hydrogen) atoms. The number of aromatic nitrogens is 5. The minimum absolute atomic E-state index is 0.135. The third-order valence-corrected chi connectivity index (χ3v) is 6.95. The third-order valence-electron chi connectivity index (χ3n) is 6.95. The van der Waals surface area contributed by atoms with E-state index in [0.29, 0.717) is 5.56 Å². The van der Waals surface area contributed by atoms with Crippen molar-refractivity contribution < 1.29 is 9.53 Å². The highest BCUT2D eigenvalue weighted by Gasteiger charge is 2.49. The summed E-state index contributed by atoms with van der Waals surface area (Å²) in [5, 5.41) is 18.4. The van der Waals surface area contributed by atoms with Crippen molar-refractivity contribution in [1.29, 1.82) is 5.26 Å². The minimum Gasteiger partial charge on any atom is -0.444 e. The number of piperidine rings is 1. The van der Waals surface area contributed by atoms with Crippen LogP contribution >= 0.6 is 0 Å². The van der Waals surface area contributed by atoms with Gasteiger partial charge in [0.1, 0.15) is 17.5 Å². The number of rotatable bonds is 3. The molecular formula is C27H28N8O2. The molecule has 2 bridgehead atoms. The van der Waals surface area contributed by atoms with Crippen molar-refractivity contribution >= 4 is 17.4 Å². The lowest BCUT2D eigenvalue weighted by atomic mass is 9.88. The molecule has 2 atom stereocenters. The van der Waals surface area contributed by atoms with E-state index in [0.717, 1.165) is 53.1 Å². The summed E-state index contributed by atoms with van der Waals surface area (Å²) in [7, 11) is 1.88. The van der Waals surface area contributed by atoms with Crippen LogP contribution in [0.4, 0.5) is 10.6 Å². The molecule has 7 heterocycles. The van der Waals surface area contributed by atoms with E-state index in [1.165, 1.54) is 0 Å². The van der Waals surface area contributed by atoms with Crippen LogP contribution in [0.25, 0.3) is 27.8 Å². The summed E-state index contributed by atoms with van der Waals surface area (Å²) in [4.78, 5) is 21.5. The molecule has 10 heteroatoms. The fourth-order valence-corrected chi connectivity index (χ4v) is 5.29. The predicted molar refractivity (Wildman–Crippen MR) is 138 cm³/mol. The maximum Gasteiger partial charge on any atom is 0.410 e. The first kappa shape index (κ1) is 23.0. The molecule has 3 aliphatic heterocycles. The molecule has 3 saturated heterocycles. The van der Waals surface area contributed by atoms with E-state index >= 15 is 0 Å². The monoisotopic (exact) mass is 496 g/mol. The van der Waals surface area contributed by atoms with Crippen molar-refractivity contribution in [3.05, 3.63) is 54.7 Å². The highest BCUT2D eigenvalue weighted by molar-refractivity contribution is 5.87. The summed E-state index contributed by atoms with van der Waals surface area (Å²) in [5.41, 5.74) is 4.45. The van der Waals surface area contributed by atoms with Gasteiger partial charge < -0.3 is 9.64 Å². The number of fused-ring (bicyclic) bond motifs is 3. The van der Waals surface area contributed by atoms with Gasteiger partial charge in [0.15, 0.2) is 0 Å². The van der Waals surface area contributed by atoms with Crippen molar-refractivity contribution in [3.63, 3.8) is 0 Å². The summed E-state index contributed by atoms with van der Waals surface area (Å²) in [6.07, 6.45) is 9.86. The second-order valence-corrected chi connectivity index (χ2v) is 10.7. The Kier molecular flexibility index (Phi) is 5.19. The number of amides is 1. The van der Waals surface area contributed by atoms with Gasteiger partial charge in [0.05, 0.1) is 35.6 Å². The number of nitrogens with zero attached hydrogens (tertiary/aromatic N) is 8. The van der Waals surface area contributed by atoms with Gasteiger partial charge >= 0.3 is 6.09 Å². The van der Waals surface area contributed by atoms with Gasteiger partial charge in [-0.05, 0) is 45.4 Å². The highest BCUT2D eigenvalue weighted by Crippen LogP contribution is 2.36. The Balaban J connectivity index is 1.27. The lowest BCUT2D eigenvalue weighted by molar-refractivity contribution is -0.0380. The Morgan fingerprint density at radius 2 is 1.84 bits per heavy atom. The average Bonchev–Trinajstić information content (AvgIpc) is 3.48. The summed E-state index contributed by atoms with van der Waals surface area (Å²) in [6.45, 7) is 7.13. The molecule has 0 aromatic carbocycles. The maximum atomic E-state index is 12.6. The topological polar surface area (TPSA) is 105 Å². The molecule has 0 aliphatic carbocycles. The first-order valence-electron chi connectivity index (χ1n) is 12.3. The molecule has 7 rings (SSSR count). The third kappa shape index (κ3) is 4.06. The van der Waals surface area contributed by atoms with Crippen molar-refractivity contribution in [1.82, 2.24) is 29.3 Å². The molecule has 4 aromatic rings. The number of aryl methyl sites for hydroxylation is 1. The normalized spacial score (nSPS) is 19.0. The number of nitriles is 1. The second kappa shape index (κ2) is 8.34. The zero-order valence-electron chi connectivity index (χ0n) is 21.3. The number of hydrogen-bond donors (Lipinski definition) is 0. The number of piperazine rings is 1. The van der Waals surface area contributed by atoms with Gasteiger partial charge in [-0.25, -0.2) is 14.3 Å². The van der Waals surface area contributed by atoms with Crippen LogP contribution in [0.15, 0.2) is 49.2 Å². The van der Waals surface area contributed by atoms with Crippen LogP contribution in [0.5, 0.6) is 0 Å². The van der Waals surface area contributed by atoms with E-state index in [1.54, 1.807) is 15.4 Å². The molecule has 3 fully saturated rings. The first-order valence-corrected chi connectivity index (χ1v) is 12.3. The van der Waals surface area contributed by atoms with Crippen LogP contribution in [-0.2, 0) is 11.8 Å². The highest BCUT2D eigenvalue weighted by atomic mass is 16.6. The molecule has 0 radical (unpaired) electrons. The Labute approximate surface area is 214 Å². The number of pyridine rings is 2. The zero-order chi connectivity index (χ0) is 25.9. The van der Waals surface area contributed by atoms with Crippen LogP contribution in [0, 0.1) is 11.3 Å². The average molecular weight is 497 g/mol. The predicted octanol–water partition coefficient (Wildman–Crippen LogP) is 3.87. The summed E-state index contributed by atoms with van der Waals surface area (Å²) < 4.78 is 9.09. The van der Waals surface area contributed by atoms with Crippen molar-refractivity contribution in [3.8, 4) is 28.3 Å². The van der Waals surface area contributed by atoms with E-state index in [9.17, 15) is 10.1 Å². The first-order chi connectivity index (χ1) is 17.7. The zero-order valence-corrected chi connectivity index (χ0v) is 21.3. The van der Waals surface area contributed by atoms with Gasteiger partial charge in [0, 0.05) is 61.0 Å². The van der Waals surface area contributed by atoms with Crippen LogP contribution in [0.2, 0.25) is 0 Å². The quantitative estimate of drug-likeness (QED) is 0.424. The Morgan fingerprint density at radius 1 is 1.05 bits per heavy atom. The molecule has 1 amide bonds. The van der Waals surface area contributed by atoms with E-state index in [1.807, 2.05) is 69.6 Å². The van der Waals surface area contributed by atoms with Gasteiger partial charge in [0.25, 0.3) is 0 Å². The van der Waals surface area contributed by atoms with Gasteiger partial charge in [-0.1, -0.05) is 0 Å². The number of anilines is 1. The summed E-state index contributed by atoms with van der Waals surface area (Å²) in [6, 6.07) is 8.62. The van der Waals surface area contributed by atoms with E-state index < -0.39 is 5.60 Å². The van der Waals surface area contributed by atoms with Crippen LogP contribution in [-0.4, -0.2) is 66.1 Å². The number of carbonyl (C=O) groups excluding carboxylic acids is 1. The molecule has 3 aliphatic rings. The van der Waals surface area contributed by atoms with Crippen LogP contribution < -0.4 is 4.90 Å². The SMILES string of the molecule is Cn1cc(-c2cc(-c3ccc(N4CC5CC(C4)N5C(=O)OC(C)(C)C)nc3)c3c(C#N)cnn3c2)cn1. The van der Waals surface area contributed by atoms with Crippen molar-refractivity contribution in [2.24, 2.45) is 7.05 Å². The lowest BCUT2D eigenvalue weighted by Crippen LogP contribution is -2.70. The van der Waals surface area contributed by atoms with Gasteiger partial charge in [0.2, 0.25) is 0 Å². The van der Waals surface area contributed by atoms with Crippen LogP contribution in [0.1, 0.15) is 32.8 Å². The van der Waals surface area contributed by atoms with E-state index in [4.69, 9.17) is 9.72 Å². The standard InChI is InChI=1S/C27H28N8O2/c1-27(2,3)37-26(36)35-21-8-22(35)16-33(15-21)24-6-5-17(10-29-24)23-7-18(20-12-30-32(4)13-20)14-34-25(23)19(9-28)11-31-34/h5-7,10-14,21-22H,8,15-16H2,1-4H3. The molecule has 0 saturated carbocycles. The maximum absolute atomic E-state index is 12.6. The number of carbonyl (C=O) groups is 1. The van der Waals surface area contributed by atoms with E-state index in [-0.39, 0.29) is 18.2 Å². The molecule has 4 aromatic heterocycles. The van der Waals surface area contributed by atoms with Gasteiger partial charge in [-0.15, -0.1) is 0 Å². The molecule has 0 spiro atoms. The number of ether oxygens (including phenoxy) is 1. The fourth-order valence-electron chi connectivity index (χ4n) is 5.29. The fraction of sp³-hybridized carbons (Fsp3) is 0.370. The van der Waals surface area contributed by atoms with Gasteiger partial charge in [-0.2, -0.15) is 15.5 Å². The molecular weight excluding hydrogens is 468 g/mol. The van der Waals surface area contributed by atoms with Gasteiger partial charge in [-0.3, -0.25) is 9.58 Å². The number of hydrogen-bond acceptors (Lipinski definition) is 7. The van der Waals surface area contributed by atoms with E-state index in [2.05, 4.69) is 27.2 Å². The molecule has 0 N–H and O–H groups in total. The Morgan fingerprint density at radius 3 is 2.46 bits per heavy atom. The minimum atomic E-state index is -0.501. The smallest absolute Gasteiger partial charge is 0.410 e. The van der Waals surface area contributed by atoms with Crippen molar-refractivity contribution in [2.75, 3.05) is 18.0 Å². The molecule has 188 valence electrons. The Bertz CT molecular complexity index is 1530. The van der Waals surface area contributed by atoms with Crippen LogP contribution in [0.3, 0.4) is 0 Å². The second-order valence-electron chi connectivity index (χ2n) is 10.7. The lowest BCUT2D eigenvalue weighted by Gasteiger charge is -2.56. The molecule has 10 nitrogen and oxygen atoms in total. The summed E-state index contributed by atoms with van der Waals surface area (Å²) >= 11 is 0. The molecule has 2 unspecified atom stereocenters. The largest absolute Gasteiger partial charge is 0.444 e. The Hall–Kier alpha value is -4.39. The van der Waals surface area contributed by atoms with Crippen molar-refractivity contribution in [2.45, 2.75) is 44.9 Å².